The number of nitrogens with zero attached hydrogens (tertiary/aromatic N) is 1. The maximum atomic E-state index is 12.4. The van der Waals surface area contributed by atoms with Crippen molar-refractivity contribution in [2.24, 2.45) is 0 Å². The fraction of sp³-hybridized carbons (Fsp3) is 0.391. The normalized spacial score (nSPS) is 14.9. The number of carbonyl (C=O) groups excluding carboxylic acids is 2. The van der Waals surface area contributed by atoms with E-state index in [-0.39, 0.29) is 12.6 Å². The van der Waals surface area contributed by atoms with Crippen molar-refractivity contribution in [2.75, 3.05) is 38.6 Å². The Balaban J connectivity index is 1.58. The summed E-state index contributed by atoms with van der Waals surface area (Å²) in [5.41, 5.74) is 3.21. The molecule has 0 aliphatic carbocycles. The van der Waals surface area contributed by atoms with Gasteiger partial charge in [0.2, 0.25) is 0 Å². The van der Waals surface area contributed by atoms with Gasteiger partial charge in [0.15, 0.2) is 0 Å². The molecule has 3 rings (SSSR count). The summed E-state index contributed by atoms with van der Waals surface area (Å²) < 4.78 is 0. The summed E-state index contributed by atoms with van der Waals surface area (Å²) in [6.07, 6.45) is 2.38. The van der Waals surface area contributed by atoms with Crippen LogP contribution in [0.4, 0.5) is 5.69 Å². The van der Waals surface area contributed by atoms with Crippen molar-refractivity contribution < 1.29 is 14.5 Å². The Morgan fingerprint density at radius 2 is 1.57 bits per heavy atom. The second-order valence-corrected chi connectivity index (χ2v) is 8.36. The highest BCUT2D eigenvalue weighted by Gasteiger charge is 2.28. The van der Waals surface area contributed by atoms with E-state index in [1.54, 1.807) is 12.1 Å². The Morgan fingerprint density at radius 1 is 0.967 bits per heavy atom. The molecule has 30 heavy (non-hydrogen) atoms. The third-order valence-corrected chi connectivity index (χ3v) is 5.84. The molecule has 2 aromatic rings. The molecule has 160 valence electrons. The molecule has 1 heterocycles. The van der Waals surface area contributed by atoms with Gasteiger partial charge in [0, 0.05) is 49.8 Å². The fourth-order valence-corrected chi connectivity index (χ4v) is 3.95. The first-order chi connectivity index (χ1) is 14.4. The van der Waals surface area contributed by atoms with Gasteiger partial charge >= 0.3 is 11.8 Å². The van der Waals surface area contributed by atoms with E-state index in [9.17, 15) is 9.59 Å². The lowest BCUT2D eigenvalue weighted by molar-refractivity contribution is -0.918. The second kappa shape index (κ2) is 10.5. The molecule has 0 bridgehead atoms. The lowest BCUT2D eigenvalue weighted by Crippen LogP contribution is -3.11. The number of halogens is 1. The molecule has 3 N–H and O–H groups in total. The van der Waals surface area contributed by atoms with E-state index in [2.05, 4.69) is 39.8 Å². The van der Waals surface area contributed by atoms with E-state index in [0.29, 0.717) is 11.6 Å². The van der Waals surface area contributed by atoms with Gasteiger partial charge in [-0.15, -0.1) is 0 Å². The minimum atomic E-state index is -0.622. The number of hydrogen-bond acceptors (Lipinski definition) is 3. The number of anilines is 1. The molecular weight excluding hydrogens is 400 g/mol. The molecule has 0 radical (unpaired) electrons. The topological polar surface area (TPSA) is 65.9 Å². The fourth-order valence-electron chi connectivity index (χ4n) is 3.82. The van der Waals surface area contributed by atoms with Crippen molar-refractivity contribution in [1.29, 1.82) is 0 Å². The SMILES string of the molecule is CN(C)c1ccc([C@H](CNC(=O)C(=O)NCc2ccc(Cl)cc2)[NH+]2CCCC2)cc1. The van der Waals surface area contributed by atoms with Crippen LogP contribution in [0.25, 0.3) is 0 Å². The number of carbonyl (C=O) groups is 2. The molecule has 2 aromatic carbocycles. The van der Waals surface area contributed by atoms with Crippen molar-refractivity contribution in [1.82, 2.24) is 10.6 Å². The number of nitrogens with one attached hydrogen (secondary N) is 3. The molecule has 1 atom stereocenters. The van der Waals surface area contributed by atoms with Gasteiger partial charge in [0.25, 0.3) is 0 Å². The Hall–Kier alpha value is -2.57. The average Bonchev–Trinajstić information content (AvgIpc) is 3.28. The van der Waals surface area contributed by atoms with E-state index in [1.807, 2.05) is 26.2 Å². The third-order valence-electron chi connectivity index (χ3n) is 5.59. The molecule has 1 fully saturated rings. The lowest BCUT2D eigenvalue weighted by Gasteiger charge is -2.25. The largest absolute Gasteiger partial charge is 0.378 e. The molecule has 6 nitrogen and oxygen atoms in total. The summed E-state index contributed by atoms with van der Waals surface area (Å²) in [7, 11) is 4.03. The lowest BCUT2D eigenvalue weighted by atomic mass is 10.0. The van der Waals surface area contributed by atoms with E-state index in [1.165, 1.54) is 23.3 Å². The molecule has 1 aliphatic heterocycles. The molecule has 1 aliphatic rings. The van der Waals surface area contributed by atoms with Crippen LogP contribution in [0.3, 0.4) is 0 Å². The quantitative estimate of drug-likeness (QED) is 0.585. The predicted octanol–water partition coefficient (Wildman–Crippen LogP) is 1.56. The van der Waals surface area contributed by atoms with Crippen molar-refractivity contribution in [3.63, 3.8) is 0 Å². The number of likely N-dealkylation sites (tertiary alicyclic amines) is 1. The number of benzene rings is 2. The Kier molecular flexibility index (Phi) is 7.71. The zero-order valence-corrected chi connectivity index (χ0v) is 18.3. The van der Waals surface area contributed by atoms with Crippen LogP contribution in [-0.4, -0.2) is 45.5 Å². The highest BCUT2D eigenvalue weighted by Crippen LogP contribution is 2.17. The molecule has 7 heteroatoms. The molecule has 0 aromatic heterocycles. The van der Waals surface area contributed by atoms with Gasteiger partial charge in [-0.2, -0.15) is 0 Å². The van der Waals surface area contributed by atoms with Crippen molar-refractivity contribution in [3.8, 4) is 0 Å². The first-order valence-corrected chi connectivity index (χ1v) is 10.7. The standard InChI is InChI=1S/C23H29ClN4O2/c1-27(2)20-11-7-18(8-12-20)21(28-13-3-4-14-28)16-26-23(30)22(29)25-15-17-5-9-19(24)10-6-17/h5-12,21H,3-4,13-16H2,1-2H3,(H,25,29)(H,26,30)/p+1/t21-/m0/s1. The van der Waals surface area contributed by atoms with Gasteiger partial charge in [0.1, 0.15) is 6.04 Å². The summed E-state index contributed by atoms with van der Waals surface area (Å²) in [6, 6.07) is 15.7. The minimum Gasteiger partial charge on any atom is -0.378 e. The van der Waals surface area contributed by atoms with Crippen LogP contribution < -0.4 is 20.4 Å². The van der Waals surface area contributed by atoms with Gasteiger partial charge in [0.05, 0.1) is 19.6 Å². The summed E-state index contributed by atoms with van der Waals surface area (Å²) >= 11 is 5.87. The molecule has 0 unspecified atom stereocenters. The van der Waals surface area contributed by atoms with Crippen LogP contribution in [-0.2, 0) is 16.1 Å². The van der Waals surface area contributed by atoms with E-state index in [4.69, 9.17) is 11.6 Å². The van der Waals surface area contributed by atoms with Gasteiger partial charge in [-0.05, 0) is 29.8 Å². The zero-order valence-electron chi connectivity index (χ0n) is 17.6. The van der Waals surface area contributed by atoms with Crippen molar-refractivity contribution in [3.05, 3.63) is 64.7 Å². The zero-order chi connectivity index (χ0) is 21.5. The van der Waals surface area contributed by atoms with Crippen LogP contribution in [0, 0.1) is 0 Å². The first kappa shape index (κ1) is 22.1. The maximum absolute atomic E-state index is 12.4. The minimum absolute atomic E-state index is 0.136. The van der Waals surface area contributed by atoms with Crippen molar-refractivity contribution in [2.45, 2.75) is 25.4 Å². The van der Waals surface area contributed by atoms with E-state index >= 15 is 0 Å². The molecular formula is C23H30ClN4O2+. The van der Waals surface area contributed by atoms with Gasteiger partial charge < -0.3 is 20.4 Å². The molecule has 1 saturated heterocycles. The van der Waals surface area contributed by atoms with Gasteiger partial charge in [-0.25, -0.2) is 0 Å². The van der Waals surface area contributed by atoms with Crippen molar-refractivity contribution >= 4 is 29.1 Å². The number of quaternary nitrogens is 1. The van der Waals surface area contributed by atoms with Gasteiger partial charge in [-0.1, -0.05) is 35.9 Å². The van der Waals surface area contributed by atoms with E-state index < -0.39 is 11.8 Å². The predicted molar refractivity (Wildman–Crippen MR) is 120 cm³/mol. The summed E-state index contributed by atoms with van der Waals surface area (Å²) in [5, 5.41) is 6.14. The summed E-state index contributed by atoms with van der Waals surface area (Å²) in [5.74, 6) is -1.22. The highest BCUT2D eigenvalue weighted by atomic mass is 35.5. The summed E-state index contributed by atoms with van der Waals surface area (Å²) in [6.45, 7) is 2.89. The van der Waals surface area contributed by atoms with Crippen LogP contribution >= 0.6 is 11.6 Å². The Morgan fingerprint density at radius 3 is 2.17 bits per heavy atom. The first-order valence-electron chi connectivity index (χ1n) is 10.4. The molecule has 0 saturated carbocycles. The average molecular weight is 430 g/mol. The van der Waals surface area contributed by atoms with Crippen LogP contribution in [0.5, 0.6) is 0 Å². The van der Waals surface area contributed by atoms with Crippen LogP contribution in [0.15, 0.2) is 48.5 Å². The Bertz CT molecular complexity index is 847. The molecule has 0 spiro atoms. The molecule has 2 amide bonds. The smallest absolute Gasteiger partial charge is 0.309 e. The van der Waals surface area contributed by atoms with Crippen LogP contribution in [0.1, 0.15) is 30.0 Å². The monoisotopic (exact) mass is 429 g/mol. The third kappa shape index (κ3) is 5.97. The second-order valence-electron chi connectivity index (χ2n) is 7.92. The van der Waals surface area contributed by atoms with Crippen LogP contribution in [0.2, 0.25) is 5.02 Å². The Labute approximate surface area is 183 Å². The number of rotatable bonds is 7. The van der Waals surface area contributed by atoms with Gasteiger partial charge in [-0.3, -0.25) is 9.59 Å². The maximum Gasteiger partial charge on any atom is 0.309 e. The number of amides is 2. The summed E-state index contributed by atoms with van der Waals surface area (Å²) in [4.78, 5) is 28.1. The number of hydrogen-bond donors (Lipinski definition) is 3. The van der Waals surface area contributed by atoms with E-state index in [0.717, 1.165) is 24.3 Å². The highest BCUT2D eigenvalue weighted by molar-refractivity contribution is 6.35.